The monoisotopic (exact) mass is 385 g/mol. The molecule has 2 aliphatic heterocycles. The summed E-state index contributed by atoms with van der Waals surface area (Å²) in [4.78, 5) is 32.3. The molecule has 7 heteroatoms. The molecule has 1 aromatic carbocycles. The van der Waals surface area contributed by atoms with Gasteiger partial charge in [0.05, 0.1) is 18.7 Å². The Hall–Kier alpha value is -2.70. The second-order valence-corrected chi connectivity index (χ2v) is 7.57. The van der Waals surface area contributed by atoms with Crippen LogP contribution in [0, 0.1) is 5.82 Å². The molecule has 2 aromatic rings. The molecule has 2 fully saturated rings. The average Bonchev–Trinajstić information content (AvgIpc) is 3.33. The van der Waals surface area contributed by atoms with Gasteiger partial charge in [0.2, 0.25) is 11.8 Å². The topological polar surface area (TPSA) is 66.7 Å². The largest absolute Gasteiger partial charge is 0.445 e. The minimum absolute atomic E-state index is 0.00181. The van der Waals surface area contributed by atoms with Crippen LogP contribution in [0.4, 0.5) is 4.39 Å². The second kappa shape index (κ2) is 8.12. The summed E-state index contributed by atoms with van der Waals surface area (Å²) in [6.45, 7) is 2.12. The third-order valence-corrected chi connectivity index (χ3v) is 5.48. The van der Waals surface area contributed by atoms with Crippen molar-refractivity contribution in [2.75, 3.05) is 26.2 Å². The van der Waals surface area contributed by atoms with E-state index in [-0.39, 0.29) is 30.1 Å². The highest BCUT2D eigenvalue weighted by atomic mass is 19.1. The van der Waals surface area contributed by atoms with Gasteiger partial charge in [-0.1, -0.05) is 12.1 Å². The first-order valence-electron chi connectivity index (χ1n) is 9.83. The Balaban J connectivity index is 1.36. The maximum atomic E-state index is 13.0. The highest BCUT2D eigenvalue weighted by Gasteiger charge is 2.30. The lowest BCUT2D eigenvalue weighted by Crippen LogP contribution is -2.45. The number of amides is 2. The Morgan fingerprint density at radius 3 is 2.79 bits per heavy atom. The Labute approximate surface area is 163 Å². The summed E-state index contributed by atoms with van der Waals surface area (Å²) < 4.78 is 19.0. The molecule has 2 amide bonds. The number of nitrogens with zero attached hydrogens (tertiary/aromatic N) is 3. The van der Waals surface area contributed by atoms with E-state index in [0.29, 0.717) is 38.4 Å². The fourth-order valence-electron chi connectivity index (χ4n) is 3.94. The first-order chi connectivity index (χ1) is 13.6. The number of oxazole rings is 1. The van der Waals surface area contributed by atoms with Crippen molar-refractivity contribution in [3.63, 3.8) is 0 Å². The van der Waals surface area contributed by atoms with Gasteiger partial charge in [0, 0.05) is 32.5 Å². The standard InChI is InChI=1S/C21H24FN3O3/c22-17-7-5-15(6-8-17)11-18-12-23-21(28-18)16-3-1-9-24(13-16)20(27)14-25-10-2-4-19(25)26/h5-8,12,16H,1-4,9-11,13-14H2/t16-/m1/s1. The molecule has 0 N–H and O–H groups in total. The van der Waals surface area contributed by atoms with Crippen molar-refractivity contribution >= 4 is 11.8 Å². The fourth-order valence-corrected chi connectivity index (χ4v) is 3.94. The third-order valence-electron chi connectivity index (χ3n) is 5.48. The van der Waals surface area contributed by atoms with Gasteiger partial charge in [0.15, 0.2) is 5.89 Å². The molecule has 4 rings (SSSR count). The lowest BCUT2D eigenvalue weighted by molar-refractivity contribution is -0.139. The van der Waals surface area contributed by atoms with E-state index in [1.54, 1.807) is 23.2 Å². The Morgan fingerprint density at radius 2 is 2.04 bits per heavy atom. The van der Waals surface area contributed by atoms with Crippen molar-refractivity contribution in [2.24, 2.45) is 0 Å². The van der Waals surface area contributed by atoms with Gasteiger partial charge < -0.3 is 14.2 Å². The van der Waals surface area contributed by atoms with Gasteiger partial charge in [-0.15, -0.1) is 0 Å². The number of likely N-dealkylation sites (tertiary alicyclic amines) is 2. The maximum Gasteiger partial charge on any atom is 0.242 e. The fraction of sp³-hybridized carbons (Fsp3) is 0.476. The summed E-state index contributed by atoms with van der Waals surface area (Å²) in [5, 5.41) is 0. The van der Waals surface area contributed by atoms with Crippen molar-refractivity contribution < 1.29 is 18.4 Å². The molecule has 0 unspecified atom stereocenters. The molecule has 1 aromatic heterocycles. The molecule has 2 saturated heterocycles. The number of halogens is 1. The molecule has 3 heterocycles. The average molecular weight is 385 g/mol. The number of piperidine rings is 1. The van der Waals surface area contributed by atoms with E-state index in [9.17, 15) is 14.0 Å². The van der Waals surface area contributed by atoms with Crippen molar-refractivity contribution in [1.82, 2.24) is 14.8 Å². The maximum absolute atomic E-state index is 13.0. The molecular formula is C21H24FN3O3. The minimum atomic E-state index is -0.260. The minimum Gasteiger partial charge on any atom is -0.445 e. The van der Waals surface area contributed by atoms with Crippen LogP contribution in [0.25, 0.3) is 0 Å². The predicted molar refractivity (Wildman–Crippen MR) is 100 cm³/mol. The van der Waals surface area contributed by atoms with Gasteiger partial charge in [0.1, 0.15) is 11.6 Å². The Bertz CT molecular complexity index is 849. The summed E-state index contributed by atoms with van der Waals surface area (Å²) in [6, 6.07) is 6.33. The predicted octanol–water partition coefficient (Wildman–Crippen LogP) is 2.73. The summed E-state index contributed by atoms with van der Waals surface area (Å²) in [5.74, 6) is 1.25. The molecule has 0 radical (unpaired) electrons. The highest BCUT2D eigenvalue weighted by Crippen LogP contribution is 2.27. The number of aromatic nitrogens is 1. The number of carbonyl (C=O) groups excluding carboxylic acids is 2. The van der Waals surface area contributed by atoms with Crippen LogP contribution in [-0.4, -0.2) is 52.8 Å². The summed E-state index contributed by atoms with van der Waals surface area (Å²) >= 11 is 0. The zero-order valence-electron chi connectivity index (χ0n) is 15.8. The van der Waals surface area contributed by atoms with Crippen molar-refractivity contribution in [3.05, 3.63) is 53.5 Å². The number of carbonyl (C=O) groups is 2. The van der Waals surface area contributed by atoms with Crippen LogP contribution >= 0.6 is 0 Å². The van der Waals surface area contributed by atoms with Gasteiger partial charge in [-0.2, -0.15) is 0 Å². The van der Waals surface area contributed by atoms with Crippen LogP contribution in [0.3, 0.4) is 0 Å². The van der Waals surface area contributed by atoms with E-state index in [1.165, 1.54) is 12.1 Å². The molecule has 0 bridgehead atoms. The van der Waals surface area contributed by atoms with Crippen LogP contribution < -0.4 is 0 Å². The van der Waals surface area contributed by atoms with Crippen LogP contribution in [-0.2, 0) is 16.0 Å². The number of hydrogen-bond acceptors (Lipinski definition) is 4. The lowest BCUT2D eigenvalue weighted by Gasteiger charge is -2.32. The molecule has 0 saturated carbocycles. The van der Waals surface area contributed by atoms with Gasteiger partial charge in [-0.25, -0.2) is 9.37 Å². The molecule has 0 spiro atoms. The second-order valence-electron chi connectivity index (χ2n) is 7.57. The quantitative estimate of drug-likeness (QED) is 0.794. The summed E-state index contributed by atoms with van der Waals surface area (Å²) in [7, 11) is 0. The van der Waals surface area contributed by atoms with Gasteiger partial charge in [-0.05, 0) is 37.0 Å². The number of benzene rings is 1. The summed E-state index contributed by atoms with van der Waals surface area (Å²) in [5.41, 5.74) is 0.958. The van der Waals surface area contributed by atoms with Crippen LogP contribution in [0.2, 0.25) is 0 Å². The van der Waals surface area contributed by atoms with Crippen molar-refractivity contribution in [3.8, 4) is 0 Å². The van der Waals surface area contributed by atoms with Gasteiger partial charge in [0.25, 0.3) is 0 Å². The first kappa shape index (κ1) is 18.7. The van der Waals surface area contributed by atoms with E-state index < -0.39 is 0 Å². The summed E-state index contributed by atoms with van der Waals surface area (Å²) in [6.07, 6.45) is 5.45. The lowest BCUT2D eigenvalue weighted by atomic mass is 9.98. The Morgan fingerprint density at radius 1 is 1.21 bits per heavy atom. The molecule has 28 heavy (non-hydrogen) atoms. The molecule has 2 aliphatic rings. The van der Waals surface area contributed by atoms with E-state index >= 15 is 0 Å². The number of hydrogen-bond donors (Lipinski definition) is 0. The van der Waals surface area contributed by atoms with Gasteiger partial charge >= 0.3 is 0 Å². The molecular weight excluding hydrogens is 361 g/mol. The smallest absolute Gasteiger partial charge is 0.242 e. The van der Waals surface area contributed by atoms with Crippen molar-refractivity contribution in [2.45, 2.75) is 38.0 Å². The van der Waals surface area contributed by atoms with E-state index in [1.807, 2.05) is 4.90 Å². The number of rotatable bonds is 5. The molecule has 1 atom stereocenters. The normalized spacial score (nSPS) is 20.0. The molecule has 0 aliphatic carbocycles. The zero-order chi connectivity index (χ0) is 19.5. The third kappa shape index (κ3) is 4.24. The van der Waals surface area contributed by atoms with Crippen molar-refractivity contribution in [1.29, 1.82) is 0 Å². The van der Waals surface area contributed by atoms with Gasteiger partial charge in [-0.3, -0.25) is 9.59 Å². The zero-order valence-corrected chi connectivity index (χ0v) is 15.8. The molecule has 148 valence electrons. The van der Waals surface area contributed by atoms with E-state index in [4.69, 9.17) is 4.42 Å². The first-order valence-corrected chi connectivity index (χ1v) is 9.83. The molecule has 6 nitrogen and oxygen atoms in total. The van der Waals surface area contributed by atoms with Crippen LogP contribution in [0.15, 0.2) is 34.9 Å². The Kier molecular flexibility index (Phi) is 5.41. The highest BCUT2D eigenvalue weighted by molar-refractivity contribution is 5.86. The van der Waals surface area contributed by atoms with E-state index in [2.05, 4.69) is 4.98 Å². The van der Waals surface area contributed by atoms with Crippen LogP contribution in [0.1, 0.15) is 48.8 Å². The van der Waals surface area contributed by atoms with Crippen LogP contribution in [0.5, 0.6) is 0 Å². The van der Waals surface area contributed by atoms with E-state index in [0.717, 1.165) is 30.6 Å². The SMILES string of the molecule is O=C1CCCN1CC(=O)N1CCC[C@@H](c2ncc(Cc3ccc(F)cc3)o2)C1.